The summed E-state index contributed by atoms with van der Waals surface area (Å²) in [6.07, 6.45) is 2.22. The third kappa shape index (κ3) is 2.36. The SMILES string of the molecule is CCc1cnc2c(c1OC)c(=O)n(CC(=O)NC)c(=O)n2C. The number of hydrogen-bond acceptors (Lipinski definition) is 5. The van der Waals surface area contributed by atoms with Gasteiger partial charge in [-0.1, -0.05) is 6.92 Å². The van der Waals surface area contributed by atoms with E-state index in [4.69, 9.17) is 4.74 Å². The van der Waals surface area contributed by atoms with Gasteiger partial charge in [0, 0.05) is 25.9 Å². The molecule has 2 rings (SSSR count). The molecular formula is C14H18N4O4. The summed E-state index contributed by atoms with van der Waals surface area (Å²) in [4.78, 5) is 40.7. The van der Waals surface area contributed by atoms with Crippen LogP contribution in [0.15, 0.2) is 15.8 Å². The van der Waals surface area contributed by atoms with Crippen LogP contribution in [-0.4, -0.2) is 34.2 Å². The number of amides is 1. The number of nitrogens with one attached hydrogen (secondary N) is 1. The molecule has 2 aromatic heterocycles. The van der Waals surface area contributed by atoms with E-state index in [9.17, 15) is 14.4 Å². The Bertz CT molecular complexity index is 851. The summed E-state index contributed by atoms with van der Waals surface area (Å²) in [5, 5.41) is 2.59. The van der Waals surface area contributed by atoms with Crippen molar-refractivity contribution in [2.24, 2.45) is 7.05 Å². The molecule has 1 N–H and O–H groups in total. The number of methoxy groups -OCH3 is 1. The summed E-state index contributed by atoms with van der Waals surface area (Å²) in [5.74, 6) is -0.0455. The number of aryl methyl sites for hydroxylation is 2. The fourth-order valence-corrected chi connectivity index (χ4v) is 2.31. The van der Waals surface area contributed by atoms with Gasteiger partial charge in [0.15, 0.2) is 5.65 Å². The summed E-state index contributed by atoms with van der Waals surface area (Å²) in [7, 11) is 4.40. The minimum Gasteiger partial charge on any atom is -0.495 e. The highest BCUT2D eigenvalue weighted by Gasteiger charge is 2.19. The molecule has 0 spiro atoms. The number of carbonyl (C=O) groups excluding carboxylic acids is 1. The van der Waals surface area contributed by atoms with Crippen molar-refractivity contribution in [1.29, 1.82) is 0 Å². The molecule has 0 saturated heterocycles. The number of aromatic nitrogens is 3. The summed E-state index contributed by atoms with van der Waals surface area (Å²) in [6, 6.07) is 0. The van der Waals surface area contributed by atoms with E-state index in [1.807, 2.05) is 6.92 Å². The summed E-state index contributed by atoms with van der Waals surface area (Å²) >= 11 is 0. The van der Waals surface area contributed by atoms with Crippen LogP contribution in [0.5, 0.6) is 5.75 Å². The second-order valence-corrected chi connectivity index (χ2v) is 4.77. The number of ether oxygens (including phenoxy) is 1. The molecule has 0 fully saturated rings. The number of carbonyl (C=O) groups is 1. The molecule has 0 radical (unpaired) electrons. The molecule has 0 aliphatic rings. The van der Waals surface area contributed by atoms with Crippen LogP contribution in [0.2, 0.25) is 0 Å². The average Bonchev–Trinajstić information content (AvgIpc) is 2.54. The van der Waals surface area contributed by atoms with Crippen LogP contribution < -0.4 is 21.3 Å². The van der Waals surface area contributed by atoms with Crippen molar-refractivity contribution in [3.63, 3.8) is 0 Å². The Morgan fingerprint density at radius 2 is 2.09 bits per heavy atom. The molecule has 0 aliphatic carbocycles. The van der Waals surface area contributed by atoms with Crippen molar-refractivity contribution in [2.75, 3.05) is 14.2 Å². The molecule has 0 unspecified atom stereocenters. The van der Waals surface area contributed by atoms with Crippen LogP contribution in [-0.2, 0) is 24.8 Å². The van der Waals surface area contributed by atoms with Gasteiger partial charge >= 0.3 is 5.69 Å². The highest BCUT2D eigenvalue weighted by atomic mass is 16.5. The first-order valence-electron chi connectivity index (χ1n) is 6.82. The molecule has 0 aromatic carbocycles. The minimum atomic E-state index is -0.597. The maximum absolute atomic E-state index is 12.7. The number of nitrogens with zero attached hydrogens (tertiary/aromatic N) is 3. The lowest BCUT2D eigenvalue weighted by Crippen LogP contribution is -2.43. The Morgan fingerprint density at radius 1 is 1.41 bits per heavy atom. The number of pyridine rings is 1. The van der Waals surface area contributed by atoms with Crippen molar-refractivity contribution in [3.8, 4) is 5.75 Å². The van der Waals surface area contributed by atoms with Gasteiger partial charge in [0.25, 0.3) is 5.56 Å². The van der Waals surface area contributed by atoms with Gasteiger partial charge in [-0.05, 0) is 6.42 Å². The zero-order valence-corrected chi connectivity index (χ0v) is 13.0. The molecule has 2 heterocycles. The van der Waals surface area contributed by atoms with Crippen LogP contribution in [0.3, 0.4) is 0 Å². The van der Waals surface area contributed by atoms with E-state index in [0.29, 0.717) is 12.2 Å². The predicted octanol–water partition coefficient (Wildman–Crippen LogP) is -0.588. The molecular weight excluding hydrogens is 288 g/mol. The first-order valence-corrected chi connectivity index (χ1v) is 6.82. The number of likely N-dealkylation sites (N-methyl/N-ethyl adjacent to an activating group) is 1. The van der Waals surface area contributed by atoms with Gasteiger partial charge in [0.2, 0.25) is 5.91 Å². The van der Waals surface area contributed by atoms with Gasteiger partial charge in [-0.3, -0.25) is 14.2 Å². The quantitative estimate of drug-likeness (QED) is 0.815. The van der Waals surface area contributed by atoms with Crippen LogP contribution >= 0.6 is 0 Å². The smallest absolute Gasteiger partial charge is 0.332 e. The Labute approximate surface area is 126 Å². The van der Waals surface area contributed by atoms with Crippen LogP contribution in [0.4, 0.5) is 0 Å². The van der Waals surface area contributed by atoms with Crippen LogP contribution in [0, 0.1) is 0 Å². The fraction of sp³-hybridized carbons (Fsp3) is 0.429. The topological polar surface area (TPSA) is 95.2 Å². The van der Waals surface area contributed by atoms with Gasteiger partial charge in [-0.25, -0.2) is 14.3 Å². The van der Waals surface area contributed by atoms with E-state index in [1.165, 1.54) is 25.8 Å². The van der Waals surface area contributed by atoms with E-state index >= 15 is 0 Å². The molecule has 0 saturated carbocycles. The molecule has 2 aromatic rings. The normalized spacial score (nSPS) is 10.7. The van der Waals surface area contributed by atoms with Crippen molar-refractivity contribution < 1.29 is 9.53 Å². The highest BCUT2D eigenvalue weighted by molar-refractivity contribution is 5.83. The molecule has 22 heavy (non-hydrogen) atoms. The lowest BCUT2D eigenvalue weighted by Gasteiger charge is -2.13. The predicted molar refractivity (Wildman–Crippen MR) is 81.2 cm³/mol. The molecule has 118 valence electrons. The lowest BCUT2D eigenvalue weighted by atomic mass is 10.1. The summed E-state index contributed by atoms with van der Waals surface area (Å²) < 4.78 is 7.46. The zero-order chi connectivity index (χ0) is 16.4. The second-order valence-electron chi connectivity index (χ2n) is 4.77. The summed E-state index contributed by atoms with van der Waals surface area (Å²) in [6.45, 7) is 1.56. The lowest BCUT2D eigenvalue weighted by molar-refractivity contribution is -0.121. The van der Waals surface area contributed by atoms with Gasteiger partial charge in [-0.15, -0.1) is 0 Å². The van der Waals surface area contributed by atoms with Gasteiger partial charge in [-0.2, -0.15) is 0 Å². The first-order chi connectivity index (χ1) is 10.5. The van der Waals surface area contributed by atoms with E-state index in [1.54, 1.807) is 6.20 Å². The third-order valence-corrected chi connectivity index (χ3v) is 3.55. The van der Waals surface area contributed by atoms with E-state index < -0.39 is 17.2 Å². The van der Waals surface area contributed by atoms with E-state index in [0.717, 1.165) is 10.1 Å². The summed E-state index contributed by atoms with van der Waals surface area (Å²) in [5.41, 5.74) is -0.185. The van der Waals surface area contributed by atoms with Gasteiger partial charge in [0.1, 0.15) is 17.7 Å². The Balaban J connectivity index is 2.93. The van der Waals surface area contributed by atoms with Crippen molar-refractivity contribution >= 4 is 16.9 Å². The molecule has 0 bridgehead atoms. The Kier molecular flexibility index (Phi) is 4.30. The largest absolute Gasteiger partial charge is 0.495 e. The molecule has 0 atom stereocenters. The maximum Gasteiger partial charge on any atom is 0.332 e. The molecule has 0 aliphatic heterocycles. The van der Waals surface area contributed by atoms with Crippen molar-refractivity contribution in [1.82, 2.24) is 19.4 Å². The van der Waals surface area contributed by atoms with E-state index in [-0.39, 0.29) is 17.6 Å². The average molecular weight is 306 g/mol. The number of hydrogen-bond donors (Lipinski definition) is 1. The molecule has 8 nitrogen and oxygen atoms in total. The Morgan fingerprint density at radius 3 is 2.64 bits per heavy atom. The zero-order valence-electron chi connectivity index (χ0n) is 13.0. The number of rotatable bonds is 4. The highest BCUT2D eigenvalue weighted by Crippen LogP contribution is 2.24. The van der Waals surface area contributed by atoms with Gasteiger partial charge < -0.3 is 10.1 Å². The monoisotopic (exact) mass is 306 g/mol. The minimum absolute atomic E-state index is 0.202. The standard InChI is InChI=1S/C14H18N4O4/c1-5-8-6-16-12-10(11(8)22-4)13(20)18(7-9(19)15-2)14(21)17(12)3/h6H,5,7H2,1-4H3,(H,15,19). The molecule has 1 amide bonds. The fourth-order valence-electron chi connectivity index (χ4n) is 2.31. The van der Waals surface area contributed by atoms with Crippen LogP contribution in [0.1, 0.15) is 12.5 Å². The maximum atomic E-state index is 12.7. The first kappa shape index (κ1) is 15.7. The Hall–Kier alpha value is -2.64. The van der Waals surface area contributed by atoms with Crippen LogP contribution in [0.25, 0.3) is 11.0 Å². The molecule has 8 heteroatoms. The van der Waals surface area contributed by atoms with Crippen molar-refractivity contribution in [2.45, 2.75) is 19.9 Å². The second kappa shape index (κ2) is 6.00. The van der Waals surface area contributed by atoms with E-state index in [2.05, 4.69) is 10.3 Å². The number of fused-ring (bicyclic) bond motifs is 1. The van der Waals surface area contributed by atoms with Gasteiger partial charge in [0.05, 0.1) is 7.11 Å². The van der Waals surface area contributed by atoms with Crippen molar-refractivity contribution in [3.05, 3.63) is 32.6 Å². The third-order valence-electron chi connectivity index (χ3n) is 3.55.